The summed E-state index contributed by atoms with van der Waals surface area (Å²) >= 11 is 6.01. The van der Waals surface area contributed by atoms with Crippen molar-refractivity contribution in [3.8, 4) is 0 Å². The summed E-state index contributed by atoms with van der Waals surface area (Å²) in [4.78, 5) is 14.2. The van der Waals surface area contributed by atoms with Gasteiger partial charge in [0, 0.05) is 17.8 Å². The Morgan fingerprint density at radius 3 is 2.52 bits per heavy atom. The van der Waals surface area contributed by atoms with E-state index >= 15 is 0 Å². The number of alkyl halides is 1. The number of aryl methyl sites for hydroxylation is 1. The quantitative estimate of drug-likeness (QED) is 0.700. The molecule has 3 nitrogen and oxygen atoms in total. The number of fused-ring (bicyclic) bond motifs is 1. The third kappa shape index (κ3) is 3.18. The van der Waals surface area contributed by atoms with Gasteiger partial charge in [-0.2, -0.15) is 0 Å². The van der Waals surface area contributed by atoms with Crippen LogP contribution < -0.4 is 4.90 Å². The zero-order valence-electron chi connectivity index (χ0n) is 13.7. The van der Waals surface area contributed by atoms with Gasteiger partial charge in [0.25, 0.3) is 0 Å². The fourth-order valence-electron chi connectivity index (χ4n) is 2.69. The van der Waals surface area contributed by atoms with E-state index in [2.05, 4.69) is 19.9 Å². The maximum Gasteiger partial charge on any atom is 0.414 e. The maximum absolute atomic E-state index is 12.5. The fraction of sp³-hybridized carbons (Fsp3) is 0.588. The van der Waals surface area contributed by atoms with Crippen LogP contribution in [0.25, 0.3) is 0 Å². The summed E-state index contributed by atoms with van der Waals surface area (Å²) in [7, 11) is 0. The van der Waals surface area contributed by atoms with Crippen LogP contribution in [0.1, 0.15) is 51.3 Å². The molecule has 2 rings (SSSR count). The topological polar surface area (TPSA) is 29.5 Å². The van der Waals surface area contributed by atoms with E-state index in [0.29, 0.717) is 12.4 Å². The minimum Gasteiger partial charge on any atom is -0.443 e. The average Bonchev–Trinajstić information content (AvgIpc) is 2.58. The van der Waals surface area contributed by atoms with E-state index in [-0.39, 0.29) is 11.5 Å². The summed E-state index contributed by atoms with van der Waals surface area (Å²) in [5.74, 6) is 0.488. The minimum atomic E-state index is -0.491. The van der Waals surface area contributed by atoms with E-state index in [1.54, 1.807) is 4.90 Å². The Bertz CT molecular complexity index is 573. The molecule has 0 bridgehead atoms. The lowest BCUT2D eigenvalue weighted by Crippen LogP contribution is -2.38. The van der Waals surface area contributed by atoms with E-state index in [0.717, 1.165) is 22.4 Å². The summed E-state index contributed by atoms with van der Waals surface area (Å²) in [6, 6.07) is 4.17. The molecular formula is C17H24ClNO2. The average molecular weight is 310 g/mol. The lowest BCUT2D eigenvalue weighted by molar-refractivity contribution is 0.0579. The first-order valence-electron chi connectivity index (χ1n) is 7.25. The van der Waals surface area contributed by atoms with Crippen LogP contribution in [0.4, 0.5) is 10.5 Å². The van der Waals surface area contributed by atoms with Gasteiger partial charge >= 0.3 is 6.09 Å². The van der Waals surface area contributed by atoms with Crippen molar-refractivity contribution >= 4 is 23.4 Å². The second-order valence-electron chi connectivity index (χ2n) is 7.38. The molecular weight excluding hydrogens is 286 g/mol. The predicted octanol–water partition coefficient (Wildman–Crippen LogP) is 4.77. The third-order valence-electron chi connectivity index (χ3n) is 3.79. The van der Waals surface area contributed by atoms with Gasteiger partial charge in [-0.25, -0.2) is 4.79 Å². The van der Waals surface area contributed by atoms with Crippen LogP contribution in [0, 0.1) is 6.92 Å². The largest absolute Gasteiger partial charge is 0.443 e. The molecule has 0 atom stereocenters. The Balaban J connectivity index is 2.43. The highest BCUT2D eigenvalue weighted by Gasteiger charge is 2.40. The molecule has 0 saturated heterocycles. The molecule has 1 aliphatic rings. The molecule has 1 aromatic rings. The molecule has 0 N–H and O–H groups in total. The highest BCUT2D eigenvalue weighted by molar-refractivity contribution is 6.17. The molecule has 21 heavy (non-hydrogen) atoms. The van der Waals surface area contributed by atoms with Gasteiger partial charge in [-0.1, -0.05) is 19.9 Å². The maximum atomic E-state index is 12.5. The number of hydrogen-bond donors (Lipinski definition) is 0. The van der Waals surface area contributed by atoms with E-state index in [4.69, 9.17) is 16.3 Å². The van der Waals surface area contributed by atoms with Crippen molar-refractivity contribution in [2.45, 2.75) is 58.4 Å². The summed E-state index contributed by atoms with van der Waals surface area (Å²) < 4.78 is 5.53. The Kier molecular flexibility index (Phi) is 4.00. The Morgan fingerprint density at radius 2 is 2.00 bits per heavy atom. The standard InChI is InChI=1S/C17H24ClNO2/c1-11-7-14-13(8-12(11)9-18)17(5,6)10-19(14)15(20)21-16(2,3)4/h7-8H,9-10H2,1-6H3. The molecule has 0 saturated carbocycles. The van der Waals surface area contributed by atoms with Gasteiger partial charge in [-0.05, 0) is 50.5 Å². The molecule has 0 unspecified atom stereocenters. The minimum absolute atomic E-state index is 0.0965. The Morgan fingerprint density at radius 1 is 1.38 bits per heavy atom. The Labute approximate surface area is 132 Å². The van der Waals surface area contributed by atoms with Crippen LogP contribution in [0.15, 0.2) is 12.1 Å². The van der Waals surface area contributed by atoms with E-state index < -0.39 is 5.60 Å². The van der Waals surface area contributed by atoms with Crippen LogP contribution in [0.3, 0.4) is 0 Å². The molecule has 1 aromatic carbocycles. The number of carbonyl (C=O) groups excluding carboxylic acids is 1. The fourth-order valence-corrected chi connectivity index (χ4v) is 2.98. The van der Waals surface area contributed by atoms with E-state index in [1.165, 1.54) is 0 Å². The molecule has 0 spiro atoms. The van der Waals surface area contributed by atoms with Crippen molar-refractivity contribution < 1.29 is 9.53 Å². The van der Waals surface area contributed by atoms with Crippen molar-refractivity contribution in [1.82, 2.24) is 0 Å². The van der Waals surface area contributed by atoms with Crippen LogP contribution in [0.2, 0.25) is 0 Å². The highest BCUT2D eigenvalue weighted by atomic mass is 35.5. The van der Waals surface area contributed by atoms with Gasteiger partial charge < -0.3 is 4.74 Å². The number of ether oxygens (including phenoxy) is 1. The van der Waals surface area contributed by atoms with Crippen molar-refractivity contribution in [3.05, 3.63) is 28.8 Å². The van der Waals surface area contributed by atoms with Gasteiger partial charge in [0.05, 0.1) is 5.69 Å². The smallest absolute Gasteiger partial charge is 0.414 e. The van der Waals surface area contributed by atoms with E-state index in [1.807, 2.05) is 33.8 Å². The number of carbonyl (C=O) groups is 1. The summed E-state index contributed by atoms with van der Waals surface area (Å²) in [5, 5.41) is 0. The lowest BCUT2D eigenvalue weighted by atomic mass is 9.85. The zero-order chi connectivity index (χ0) is 16.0. The first kappa shape index (κ1) is 16.2. The number of rotatable bonds is 1. The monoisotopic (exact) mass is 309 g/mol. The Hall–Kier alpha value is -1.22. The predicted molar refractivity (Wildman–Crippen MR) is 87.3 cm³/mol. The molecule has 0 fully saturated rings. The molecule has 1 amide bonds. The number of amides is 1. The summed E-state index contributed by atoms with van der Waals surface area (Å²) in [5.41, 5.74) is 3.75. The summed E-state index contributed by atoms with van der Waals surface area (Å²) in [6.45, 7) is 12.6. The van der Waals surface area contributed by atoms with Gasteiger partial charge in [-0.15, -0.1) is 11.6 Å². The van der Waals surface area contributed by atoms with Crippen LogP contribution in [0.5, 0.6) is 0 Å². The molecule has 4 heteroatoms. The van der Waals surface area contributed by atoms with Crippen LogP contribution in [-0.2, 0) is 16.0 Å². The first-order chi connectivity index (χ1) is 9.55. The lowest BCUT2D eigenvalue weighted by Gasteiger charge is -2.26. The molecule has 0 aliphatic carbocycles. The van der Waals surface area contributed by atoms with Crippen molar-refractivity contribution in [1.29, 1.82) is 0 Å². The number of hydrogen-bond acceptors (Lipinski definition) is 2. The molecule has 0 radical (unpaired) electrons. The van der Waals surface area contributed by atoms with Crippen LogP contribution >= 0.6 is 11.6 Å². The third-order valence-corrected chi connectivity index (χ3v) is 4.07. The molecule has 1 aliphatic heterocycles. The highest BCUT2D eigenvalue weighted by Crippen LogP contribution is 2.42. The number of halogens is 1. The number of nitrogens with zero attached hydrogens (tertiary/aromatic N) is 1. The molecule has 116 valence electrons. The summed E-state index contributed by atoms with van der Waals surface area (Å²) in [6.07, 6.45) is -0.285. The van der Waals surface area contributed by atoms with Gasteiger partial charge in [0.15, 0.2) is 0 Å². The second-order valence-corrected chi connectivity index (χ2v) is 7.65. The molecule has 0 aromatic heterocycles. The van der Waals surface area contributed by atoms with Crippen LogP contribution in [-0.4, -0.2) is 18.2 Å². The second kappa shape index (κ2) is 5.20. The van der Waals surface area contributed by atoms with Crippen molar-refractivity contribution in [2.24, 2.45) is 0 Å². The zero-order valence-corrected chi connectivity index (χ0v) is 14.5. The van der Waals surface area contributed by atoms with E-state index in [9.17, 15) is 4.79 Å². The van der Waals surface area contributed by atoms with Crippen molar-refractivity contribution in [2.75, 3.05) is 11.4 Å². The van der Waals surface area contributed by atoms with Crippen molar-refractivity contribution in [3.63, 3.8) is 0 Å². The SMILES string of the molecule is Cc1cc2c(cc1CCl)C(C)(C)CN2C(=O)OC(C)(C)C. The van der Waals surface area contributed by atoms with Gasteiger partial charge in [0.1, 0.15) is 5.60 Å². The first-order valence-corrected chi connectivity index (χ1v) is 7.79. The molecule has 1 heterocycles. The van der Waals surface area contributed by atoms with Gasteiger partial charge in [0.2, 0.25) is 0 Å². The number of anilines is 1. The normalized spacial score (nSPS) is 16.8. The van der Waals surface area contributed by atoms with Gasteiger partial charge in [-0.3, -0.25) is 4.90 Å². The number of benzene rings is 1.